The zero-order valence-corrected chi connectivity index (χ0v) is 13.0. The molecule has 0 saturated heterocycles. The van der Waals surface area contributed by atoms with Crippen molar-refractivity contribution >= 4 is 11.0 Å². The second-order valence-corrected chi connectivity index (χ2v) is 6.24. The third-order valence-corrected chi connectivity index (χ3v) is 5.04. The van der Waals surface area contributed by atoms with Gasteiger partial charge in [0.15, 0.2) is 0 Å². The number of hydrogen-bond donors (Lipinski definition) is 0. The lowest BCUT2D eigenvalue weighted by atomic mass is 9.82. The molecule has 1 aliphatic rings. The first-order valence-electron chi connectivity index (χ1n) is 8.15. The number of aromatic nitrogens is 2. The van der Waals surface area contributed by atoms with Gasteiger partial charge in [0.25, 0.3) is 0 Å². The summed E-state index contributed by atoms with van der Waals surface area (Å²) in [6.07, 6.45) is 7.39. The molecule has 0 bridgehead atoms. The number of benzene rings is 1. The largest absolute Gasteiger partial charge is 0.328 e. The van der Waals surface area contributed by atoms with Crippen molar-refractivity contribution in [2.75, 3.05) is 0 Å². The lowest BCUT2D eigenvalue weighted by Crippen LogP contribution is -2.26. The Morgan fingerprint density at radius 1 is 1.29 bits per heavy atom. The standard InChI is InChI=1S/C18H23N3/c1-3-11-21-16-8-7-14(13-19)12-15(16)20-17(21)18(4-2)9-5-6-10-18/h7-8,12H,3-6,9-11H2,1-2H3. The zero-order chi connectivity index (χ0) is 14.9. The van der Waals surface area contributed by atoms with Crippen molar-refractivity contribution in [3.8, 4) is 6.07 Å². The Kier molecular flexibility index (Phi) is 3.71. The van der Waals surface area contributed by atoms with Gasteiger partial charge in [-0.15, -0.1) is 0 Å². The highest BCUT2D eigenvalue weighted by Gasteiger charge is 2.38. The molecule has 3 nitrogen and oxygen atoms in total. The highest BCUT2D eigenvalue weighted by Crippen LogP contribution is 2.44. The Balaban J connectivity index is 2.21. The predicted octanol–water partition coefficient (Wildman–Crippen LogP) is 4.54. The summed E-state index contributed by atoms with van der Waals surface area (Å²) in [4.78, 5) is 4.98. The Bertz CT molecular complexity index is 684. The molecule has 1 aromatic heterocycles. The van der Waals surface area contributed by atoms with Gasteiger partial charge in [-0.2, -0.15) is 5.26 Å². The summed E-state index contributed by atoms with van der Waals surface area (Å²) in [5.74, 6) is 1.26. The number of rotatable bonds is 4. The van der Waals surface area contributed by atoms with Gasteiger partial charge in [0, 0.05) is 12.0 Å². The summed E-state index contributed by atoms with van der Waals surface area (Å²) in [6.45, 7) is 5.52. The molecule has 110 valence electrons. The van der Waals surface area contributed by atoms with E-state index in [0.29, 0.717) is 5.56 Å². The molecule has 1 aromatic carbocycles. The van der Waals surface area contributed by atoms with Crippen LogP contribution < -0.4 is 0 Å². The highest BCUT2D eigenvalue weighted by atomic mass is 15.1. The van der Waals surface area contributed by atoms with Gasteiger partial charge in [0.1, 0.15) is 5.82 Å². The Labute approximate surface area is 126 Å². The third-order valence-electron chi connectivity index (χ3n) is 5.04. The lowest BCUT2D eigenvalue weighted by Gasteiger charge is -2.27. The Morgan fingerprint density at radius 3 is 2.67 bits per heavy atom. The fourth-order valence-corrected chi connectivity index (χ4v) is 3.84. The van der Waals surface area contributed by atoms with E-state index >= 15 is 0 Å². The normalized spacial score (nSPS) is 17.2. The number of nitriles is 1. The topological polar surface area (TPSA) is 41.6 Å². The second-order valence-electron chi connectivity index (χ2n) is 6.24. The van der Waals surface area contributed by atoms with Gasteiger partial charge in [0.05, 0.1) is 22.7 Å². The summed E-state index contributed by atoms with van der Waals surface area (Å²) in [5.41, 5.74) is 3.12. The second kappa shape index (κ2) is 5.52. The molecule has 21 heavy (non-hydrogen) atoms. The van der Waals surface area contributed by atoms with E-state index in [4.69, 9.17) is 10.2 Å². The van der Waals surface area contributed by atoms with Gasteiger partial charge in [-0.3, -0.25) is 0 Å². The lowest BCUT2D eigenvalue weighted by molar-refractivity contribution is 0.380. The van der Waals surface area contributed by atoms with Crippen molar-refractivity contribution in [1.29, 1.82) is 5.26 Å². The summed E-state index contributed by atoms with van der Waals surface area (Å²) >= 11 is 0. The molecule has 1 fully saturated rings. The fourth-order valence-electron chi connectivity index (χ4n) is 3.84. The van der Waals surface area contributed by atoms with Crippen molar-refractivity contribution in [2.45, 2.75) is 64.3 Å². The van der Waals surface area contributed by atoms with E-state index in [1.807, 2.05) is 12.1 Å². The average molecular weight is 281 g/mol. The quantitative estimate of drug-likeness (QED) is 0.825. The summed E-state index contributed by atoms with van der Waals surface area (Å²) in [6, 6.07) is 8.14. The monoisotopic (exact) mass is 281 g/mol. The van der Waals surface area contributed by atoms with E-state index < -0.39 is 0 Å². The maximum Gasteiger partial charge on any atom is 0.116 e. The van der Waals surface area contributed by atoms with Crippen LogP contribution in [0.3, 0.4) is 0 Å². The fraction of sp³-hybridized carbons (Fsp3) is 0.556. The maximum absolute atomic E-state index is 9.10. The van der Waals surface area contributed by atoms with Gasteiger partial charge in [-0.05, 0) is 43.9 Å². The average Bonchev–Trinajstić information content (AvgIpc) is 3.13. The molecular formula is C18H23N3. The van der Waals surface area contributed by atoms with Crippen LogP contribution in [0.5, 0.6) is 0 Å². The van der Waals surface area contributed by atoms with Gasteiger partial charge in [-0.25, -0.2) is 4.98 Å². The van der Waals surface area contributed by atoms with Crippen LogP contribution in [-0.2, 0) is 12.0 Å². The van der Waals surface area contributed by atoms with Gasteiger partial charge >= 0.3 is 0 Å². The van der Waals surface area contributed by atoms with E-state index in [0.717, 1.165) is 24.9 Å². The predicted molar refractivity (Wildman–Crippen MR) is 85.2 cm³/mol. The van der Waals surface area contributed by atoms with Gasteiger partial charge < -0.3 is 4.57 Å². The van der Waals surface area contributed by atoms with Crippen LogP contribution in [0, 0.1) is 11.3 Å². The molecule has 3 heteroatoms. The summed E-state index contributed by atoms with van der Waals surface area (Å²) in [7, 11) is 0. The minimum absolute atomic E-state index is 0.251. The zero-order valence-electron chi connectivity index (χ0n) is 13.0. The van der Waals surface area contributed by atoms with E-state index in [1.165, 1.54) is 37.0 Å². The minimum Gasteiger partial charge on any atom is -0.328 e. The molecule has 0 spiro atoms. The van der Waals surface area contributed by atoms with E-state index in [1.54, 1.807) is 0 Å². The van der Waals surface area contributed by atoms with Crippen molar-refractivity contribution in [2.24, 2.45) is 0 Å². The van der Waals surface area contributed by atoms with Crippen molar-refractivity contribution < 1.29 is 0 Å². The number of imidazole rings is 1. The van der Waals surface area contributed by atoms with Crippen LogP contribution in [-0.4, -0.2) is 9.55 Å². The Morgan fingerprint density at radius 2 is 2.05 bits per heavy atom. The molecule has 0 amide bonds. The van der Waals surface area contributed by atoms with Crippen LogP contribution in [0.2, 0.25) is 0 Å². The first kappa shape index (κ1) is 14.1. The molecule has 0 radical (unpaired) electrons. The molecule has 0 N–H and O–H groups in total. The highest BCUT2D eigenvalue weighted by molar-refractivity contribution is 5.78. The number of nitrogens with zero attached hydrogens (tertiary/aromatic N) is 3. The molecule has 2 aromatic rings. The SMILES string of the molecule is CCCn1c(C2(CC)CCCC2)nc2cc(C#N)ccc21. The summed E-state index contributed by atoms with van der Waals surface area (Å²) < 4.78 is 2.41. The smallest absolute Gasteiger partial charge is 0.116 e. The molecule has 3 rings (SSSR count). The van der Waals surface area contributed by atoms with Crippen LogP contribution in [0.1, 0.15) is 63.8 Å². The van der Waals surface area contributed by atoms with Gasteiger partial charge in [0.2, 0.25) is 0 Å². The first-order chi connectivity index (χ1) is 10.2. The van der Waals surface area contributed by atoms with Crippen molar-refractivity contribution in [3.05, 3.63) is 29.6 Å². The van der Waals surface area contributed by atoms with Crippen LogP contribution in [0.4, 0.5) is 0 Å². The number of fused-ring (bicyclic) bond motifs is 1. The number of hydrogen-bond acceptors (Lipinski definition) is 2. The summed E-state index contributed by atoms with van der Waals surface area (Å²) in [5, 5.41) is 9.10. The van der Waals surface area contributed by atoms with Gasteiger partial charge in [-0.1, -0.05) is 26.7 Å². The van der Waals surface area contributed by atoms with Crippen LogP contribution >= 0.6 is 0 Å². The van der Waals surface area contributed by atoms with Crippen LogP contribution in [0.15, 0.2) is 18.2 Å². The molecular weight excluding hydrogens is 258 g/mol. The molecule has 0 aliphatic heterocycles. The van der Waals surface area contributed by atoms with Crippen molar-refractivity contribution in [1.82, 2.24) is 9.55 Å². The van der Waals surface area contributed by atoms with E-state index in [2.05, 4.69) is 30.6 Å². The van der Waals surface area contributed by atoms with E-state index in [-0.39, 0.29) is 5.41 Å². The first-order valence-corrected chi connectivity index (χ1v) is 8.15. The molecule has 0 atom stereocenters. The number of aryl methyl sites for hydroxylation is 1. The Hall–Kier alpha value is -1.82. The maximum atomic E-state index is 9.10. The molecule has 0 unspecified atom stereocenters. The molecule has 1 saturated carbocycles. The van der Waals surface area contributed by atoms with Crippen molar-refractivity contribution in [3.63, 3.8) is 0 Å². The molecule has 1 heterocycles. The third kappa shape index (κ3) is 2.23. The minimum atomic E-state index is 0.251. The van der Waals surface area contributed by atoms with Crippen LogP contribution in [0.25, 0.3) is 11.0 Å². The van der Waals surface area contributed by atoms with E-state index in [9.17, 15) is 0 Å². The molecule has 1 aliphatic carbocycles.